The van der Waals surface area contributed by atoms with Crippen molar-refractivity contribution in [1.29, 1.82) is 0 Å². The SMILES string of the molecule is CCc1nsc(Sc2cc(N)cc(OC)c2)n1. The normalized spacial score (nSPS) is 10.5. The maximum absolute atomic E-state index is 5.79. The van der Waals surface area contributed by atoms with E-state index >= 15 is 0 Å². The van der Waals surface area contributed by atoms with E-state index in [1.54, 1.807) is 24.9 Å². The second-order valence-electron chi connectivity index (χ2n) is 3.37. The largest absolute Gasteiger partial charge is 0.497 e. The molecule has 0 saturated carbocycles. The van der Waals surface area contributed by atoms with Crippen molar-refractivity contribution in [1.82, 2.24) is 9.36 Å². The number of hydrogen-bond donors (Lipinski definition) is 1. The van der Waals surface area contributed by atoms with E-state index in [-0.39, 0.29) is 0 Å². The van der Waals surface area contributed by atoms with E-state index < -0.39 is 0 Å². The topological polar surface area (TPSA) is 61.0 Å². The van der Waals surface area contributed by atoms with Crippen LogP contribution in [0.15, 0.2) is 27.4 Å². The molecule has 0 bridgehead atoms. The van der Waals surface area contributed by atoms with Gasteiger partial charge in [0, 0.05) is 23.1 Å². The van der Waals surface area contributed by atoms with Gasteiger partial charge in [-0.1, -0.05) is 18.7 Å². The lowest BCUT2D eigenvalue weighted by Gasteiger charge is -2.04. The monoisotopic (exact) mass is 267 g/mol. The van der Waals surface area contributed by atoms with Crippen LogP contribution in [0, 0.1) is 0 Å². The number of rotatable bonds is 4. The minimum Gasteiger partial charge on any atom is -0.497 e. The predicted octanol–water partition coefficient (Wildman–Crippen LogP) is 2.84. The van der Waals surface area contributed by atoms with Gasteiger partial charge in [-0.05, 0) is 23.7 Å². The highest BCUT2D eigenvalue weighted by Gasteiger charge is 2.06. The fraction of sp³-hybridized carbons (Fsp3) is 0.273. The number of aryl methyl sites for hydroxylation is 1. The summed E-state index contributed by atoms with van der Waals surface area (Å²) in [6, 6.07) is 5.63. The first-order chi connectivity index (χ1) is 8.21. The quantitative estimate of drug-likeness (QED) is 0.863. The molecular weight excluding hydrogens is 254 g/mol. The Hall–Kier alpha value is -1.27. The molecule has 1 heterocycles. The molecule has 6 heteroatoms. The van der Waals surface area contributed by atoms with Crippen LogP contribution in [0.2, 0.25) is 0 Å². The molecule has 2 aromatic rings. The van der Waals surface area contributed by atoms with Gasteiger partial charge in [0.05, 0.1) is 7.11 Å². The lowest BCUT2D eigenvalue weighted by atomic mass is 10.3. The van der Waals surface area contributed by atoms with E-state index in [2.05, 4.69) is 9.36 Å². The maximum atomic E-state index is 5.79. The van der Waals surface area contributed by atoms with E-state index in [0.29, 0.717) is 5.69 Å². The van der Waals surface area contributed by atoms with Crippen molar-refractivity contribution in [2.45, 2.75) is 22.6 Å². The number of hydrogen-bond acceptors (Lipinski definition) is 6. The average Bonchev–Trinajstić information content (AvgIpc) is 2.76. The van der Waals surface area contributed by atoms with Gasteiger partial charge in [0.15, 0.2) is 4.34 Å². The van der Waals surface area contributed by atoms with Crippen LogP contribution in [0.5, 0.6) is 5.75 Å². The number of aromatic nitrogens is 2. The van der Waals surface area contributed by atoms with E-state index in [0.717, 1.165) is 27.2 Å². The fourth-order valence-corrected chi connectivity index (χ4v) is 3.07. The number of anilines is 1. The standard InChI is InChI=1S/C11H13N3OS2/c1-3-10-13-11(17-14-10)16-9-5-7(12)4-8(6-9)15-2/h4-6H,3,12H2,1-2H3. The fourth-order valence-electron chi connectivity index (χ4n) is 1.29. The summed E-state index contributed by atoms with van der Waals surface area (Å²) < 4.78 is 10.3. The van der Waals surface area contributed by atoms with E-state index in [1.807, 2.05) is 19.1 Å². The summed E-state index contributed by atoms with van der Waals surface area (Å²) in [5.74, 6) is 1.64. The van der Waals surface area contributed by atoms with E-state index in [1.165, 1.54) is 11.5 Å². The molecule has 0 aliphatic carbocycles. The van der Waals surface area contributed by atoms with Crippen LogP contribution in [0.1, 0.15) is 12.7 Å². The van der Waals surface area contributed by atoms with E-state index in [4.69, 9.17) is 10.5 Å². The summed E-state index contributed by atoms with van der Waals surface area (Å²) in [5, 5.41) is 0. The van der Waals surface area contributed by atoms with Crippen molar-refractivity contribution in [3.8, 4) is 5.75 Å². The third-order valence-electron chi connectivity index (χ3n) is 2.11. The molecule has 17 heavy (non-hydrogen) atoms. The highest BCUT2D eigenvalue weighted by Crippen LogP contribution is 2.32. The van der Waals surface area contributed by atoms with Gasteiger partial charge in [-0.25, -0.2) is 4.98 Å². The van der Waals surface area contributed by atoms with Crippen LogP contribution in [-0.4, -0.2) is 16.5 Å². The Balaban J connectivity index is 2.20. The van der Waals surface area contributed by atoms with Crippen molar-refractivity contribution >= 4 is 29.0 Å². The Kier molecular flexibility index (Phi) is 3.86. The first-order valence-electron chi connectivity index (χ1n) is 5.16. The molecule has 0 aliphatic rings. The van der Waals surface area contributed by atoms with Crippen molar-refractivity contribution in [2.24, 2.45) is 0 Å². The number of methoxy groups -OCH3 is 1. The minimum absolute atomic E-state index is 0.687. The van der Waals surface area contributed by atoms with Crippen molar-refractivity contribution in [2.75, 3.05) is 12.8 Å². The lowest BCUT2D eigenvalue weighted by molar-refractivity contribution is 0.414. The van der Waals surface area contributed by atoms with Crippen LogP contribution in [-0.2, 0) is 6.42 Å². The summed E-state index contributed by atoms with van der Waals surface area (Å²) in [6.45, 7) is 2.04. The third kappa shape index (κ3) is 3.10. The molecule has 90 valence electrons. The molecule has 2 N–H and O–H groups in total. The van der Waals surface area contributed by atoms with Gasteiger partial charge in [0.2, 0.25) is 0 Å². The van der Waals surface area contributed by atoms with Gasteiger partial charge in [-0.3, -0.25) is 0 Å². The Morgan fingerprint density at radius 3 is 2.88 bits per heavy atom. The van der Waals surface area contributed by atoms with E-state index in [9.17, 15) is 0 Å². The second kappa shape index (κ2) is 5.37. The van der Waals surface area contributed by atoms with Crippen LogP contribution in [0.25, 0.3) is 0 Å². The predicted molar refractivity (Wildman–Crippen MR) is 70.8 cm³/mol. The summed E-state index contributed by atoms with van der Waals surface area (Å²) in [4.78, 5) is 5.41. The zero-order valence-corrected chi connectivity index (χ0v) is 11.3. The Bertz CT molecular complexity index is 513. The highest BCUT2D eigenvalue weighted by molar-refractivity contribution is 8.01. The number of ether oxygens (including phenoxy) is 1. The van der Waals surface area contributed by atoms with Crippen LogP contribution < -0.4 is 10.5 Å². The smallest absolute Gasteiger partial charge is 0.174 e. The lowest BCUT2D eigenvalue weighted by Crippen LogP contribution is -1.89. The number of nitrogens with zero attached hydrogens (tertiary/aromatic N) is 2. The minimum atomic E-state index is 0.687. The first kappa shape index (κ1) is 12.2. The zero-order chi connectivity index (χ0) is 12.3. The molecule has 0 radical (unpaired) electrons. The van der Waals surface area contributed by atoms with Gasteiger partial charge in [0.25, 0.3) is 0 Å². The summed E-state index contributed by atoms with van der Waals surface area (Å²) in [5.41, 5.74) is 6.48. The number of nitrogen functional groups attached to an aromatic ring is 1. The van der Waals surface area contributed by atoms with Crippen LogP contribution >= 0.6 is 23.3 Å². The molecule has 0 amide bonds. The van der Waals surface area contributed by atoms with Gasteiger partial charge in [-0.2, -0.15) is 4.37 Å². The molecule has 0 spiro atoms. The van der Waals surface area contributed by atoms with Crippen LogP contribution in [0.4, 0.5) is 5.69 Å². The average molecular weight is 267 g/mol. The molecule has 1 aromatic heterocycles. The molecule has 4 nitrogen and oxygen atoms in total. The van der Waals surface area contributed by atoms with Crippen molar-refractivity contribution < 1.29 is 4.74 Å². The summed E-state index contributed by atoms with van der Waals surface area (Å²) in [7, 11) is 1.63. The molecule has 0 atom stereocenters. The molecule has 0 saturated heterocycles. The molecule has 2 rings (SSSR count). The maximum Gasteiger partial charge on any atom is 0.174 e. The molecule has 0 aliphatic heterocycles. The first-order valence-corrected chi connectivity index (χ1v) is 6.75. The van der Waals surface area contributed by atoms with Gasteiger partial charge >= 0.3 is 0 Å². The van der Waals surface area contributed by atoms with Gasteiger partial charge in [-0.15, -0.1) is 0 Å². The number of nitrogens with two attached hydrogens (primary N) is 1. The Labute approximate surface area is 108 Å². The summed E-state index contributed by atoms with van der Waals surface area (Å²) >= 11 is 2.96. The van der Waals surface area contributed by atoms with Crippen LogP contribution in [0.3, 0.4) is 0 Å². The molecule has 0 fully saturated rings. The summed E-state index contributed by atoms with van der Waals surface area (Å²) in [6.07, 6.45) is 0.858. The molecular formula is C11H13N3OS2. The zero-order valence-electron chi connectivity index (χ0n) is 9.64. The van der Waals surface area contributed by atoms with Gasteiger partial charge in [0.1, 0.15) is 11.6 Å². The van der Waals surface area contributed by atoms with Crippen molar-refractivity contribution in [3.63, 3.8) is 0 Å². The molecule has 0 unspecified atom stereocenters. The Morgan fingerprint density at radius 2 is 2.24 bits per heavy atom. The third-order valence-corrected chi connectivity index (χ3v) is 3.87. The Morgan fingerprint density at radius 1 is 1.41 bits per heavy atom. The molecule has 1 aromatic carbocycles. The van der Waals surface area contributed by atoms with Crippen molar-refractivity contribution in [3.05, 3.63) is 24.0 Å². The van der Waals surface area contributed by atoms with Gasteiger partial charge < -0.3 is 10.5 Å². The second-order valence-corrected chi connectivity index (χ2v) is 5.45. The number of benzene rings is 1. The highest BCUT2D eigenvalue weighted by atomic mass is 32.2.